The normalized spacial score (nSPS) is 19.5. The van der Waals surface area contributed by atoms with Crippen LogP contribution in [0.4, 0.5) is 16.2 Å². The van der Waals surface area contributed by atoms with Gasteiger partial charge in [0, 0.05) is 37.0 Å². The van der Waals surface area contributed by atoms with E-state index < -0.39 is 28.1 Å². The van der Waals surface area contributed by atoms with Crippen LogP contribution in [0, 0.1) is 5.92 Å². The van der Waals surface area contributed by atoms with Crippen molar-refractivity contribution in [1.29, 1.82) is 0 Å². The van der Waals surface area contributed by atoms with Crippen LogP contribution >= 0.6 is 0 Å². The van der Waals surface area contributed by atoms with E-state index in [4.69, 9.17) is 14.2 Å². The van der Waals surface area contributed by atoms with E-state index in [0.29, 0.717) is 17.2 Å². The first-order valence-electron chi connectivity index (χ1n) is 12.1. The molecule has 0 spiro atoms. The van der Waals surface area contributed by atoms with Crippen molar-refractivity contribution in [2.24, 2.45) is 5.92 Å². The van der Waals surface area contributed by atoms with Crippen molar-refractivity contribution < 1.29 is 37.3 Å². The zero-order chi connectivity index (χ0) is 27.6. The van der Waals surface area contributed by atoms with Gasteiger partial charge in [-0.05, 0) is 37.3 Å². The smallest absolute Gasteiger partial charge is 0.321 e. The van der Waals surface area contributed by atoms with Crippen molar-refractivity contribution in [2.75, 3.05) is 49.8 Å². The number of aliphatic hydroxyl groups excluding tert-OH is 1. The largest absolute Gasteiger partial charge is 0.487 e. The monoisotopic (exact) mass is 548 g/mol. The number of ether oxygens (including phenoxy) is 3. The lowest BCUT2D eigenvalue weighted by Crippen LogP contribution is -2.50. The standard InChI is InChI=1S/C25H32N4O8S/c1-15-11-29(16(2)13-30)24(31)19-9-18(27-38(4,33)34)6-7-20(19)37-23(15)12-28(3)25(32)26-17-5-8-21-22(10-17)36-14-35-21/h5-10,15-16,23,27,30H,11-14H2,1-4H3,(H,26,32)/t15-,16-,23+/m1/s1. The number of hydrogen-bond donors (Lipinski definition) is 3. The lowest BCUT2D eigenvalue weighted by Gasteiger charge is -2.38. The lowest BCUT2D eigenvalue weighted by atomic mass is 9.99. The summed E-state index contributed by atoms with van der Waals surface area (Å²) in [5.41, 5.74) is 0.913. The maximum atomic E-state index is 13.4. The predicted octanol–water partition coefficient (Wildman–Crippen LogP) is 2.17. The van der Waals surface area contributed by atoms with Gasteiger partial charge >= 0.3 is 6.03 Å². The van der Waals surface area contributed by atoms with Crippen molar-refractivity contribution in [3.8, 4) is 17.2 Å². The molecule has 2 aromatic carbocycles. The van der Waals surface area contributed by atoms with Gasteiger partial charge in [0.05, 0.1) is 31.0 Å². The second-order valence-corrected chi connectivity index (χ2v) is 11.3. The summed E-state index contributed by atoms with van der Waals surface area (Å²) in [6.45, 7) is 3.96. The molecule has 0 radical (unpaired) electrons. The molecule has 2 aromatic rings. The molecule has 0 aliphatic carbocycles. The van der Waals surface area contributed by atoms with Crippen LogP contribution in [0.25, 0.3) is 0 Å². The van der Waals surface area contributed by atoms with E-state index >= 15 is 0 Å². The molecule has 0 fully saturated rings. The third kappa shape index (κ3) is 6.22. The summed E-state index contributed by atoms with van der Waals surface area (Å²) in [6, 6.07) is 8.70. The van der Waals surface area contributed by atoms with E-state index in [1.807, 2.05) is 6.92 Å². The Morgan fingerprint density at radius 1 is 1.16 bits per heavy atom. The number of nitrogens with zero attached hydrogens (tertiary/aromatic N) is 2. The van der Waals surface area contributed by atoms with E-state index in [0.717, 1.165) is 6.26 Å². The molecule has 12 nitrogen and oxygen atoms in total. The fourth-order valence-electron chi connectivity index (χ4n) is 4.26. The Hall–Kier alpha value is -3.71. The molecule has 2 heterocycles. The molecule has 38 heavy (non-hydrogen) atoms. The third-order valence-electron chi connectivity index (χ3n) is 6.39. The molecule has 3 N–H and O–H groups in total. The summed E-state index contributed by atoms with van der Waals surface area (Å²) in [5, 5.41) is 12.6. The fourth-order valence-corrected chi connectivity index (χ4v) is 4.82. The number of benzene rings is 2. The van der Waals surface area contributed by atoms with Gasteiger partial charge in [-0.15, -0.1) is 0 Å². The summed E-state index contributed by atoms with van der Waals surface area (Å²) in [4.78, 5) is 29.4. The van der Waals surface area contributed by atoms with Gasteiger partial charge in [0.1, 0.15) is 11.9 Å². The predicted molar refractivity (Wildman–Crippen MR) is 140 cm³/mol. The van der Waals surface area contributed by atoms with Gasteiger partial charge in [0.25, 0.3) is 5.91 Å². The number of nitrogens with one attached hydrogen (secondary N) is 2. The Morgan fingerprint density at radius 3 is 2.55 bits per heavy atom. The molecule has 2 aliphatic heterocycles. The zero-order valence-electron chi connectivity index (χ0n) is 21.6. The molecule has 0 unspecified atom stereocenters. The first kappa shape index (κ1) is 27.3. The first-order chi connectivity index (χ1) is 17.9. The SMILES string of the molecule is C[C@@H]1CN([C@H](C)CO)C(=O)c2cc(NS(C)(=O)=O)ccc2O[C@H]1CN(C)C(=O)Nc1ccc2c(c1)OCO2. The van der Waals surface area contributed by atoms with Crippen LogP contribution in [0.1, 0.15) is 24.2 Å². The first-order valence-corrected chi connectivity index (χ1v) is 14.0. The minimum atomic E-state index is -3.57. The van der Waals surface area contributed by atoms with Crippen LogP contribution in [0.5, 0.6) is 17.2 Å². The highest BCUT2D eigenvalue weighted by atomic mass is 32.2. The minimum Gasteiger partial charge on any atom is -0.487 e. The van der Waals surface area contributed by atoms with Gasteiger partial charge < -0.3 is 34.4 Å². The second kappa shape index (κ2) is 11.0. The summed E-state index contributed by atoms with van der Waals surface area (Å²) < 4.78 is 42.8. The quantitative estimate of drug-likeness (QED) is 0.477. The van der Waals surface area contributed by atoms with Gasteiger partial charge in [-0.3, -0.25) is 9.52 Å². The van der Waals surface area contributed by atoms with E-state index in [1.165, 1.54) is 28.0 Å². The number of carbonyl (C=O) groups excluding carboxylic acids is 2. The minimum absolute atomic E-state index is 0.130. The lowest BCUT2D eigenvalue weighted by molar-refractivity contribution is 0.0371. The summed E-state index contributed by atoms with van der Waals surface area (Å²) in [5.74, 6) is 0.809. The second-order valence-electron chi connectivity index (χ2n) is 9.59. The Kier molecular flexibility index (Phi) is 7.88. The summed E-state index contributed by atoms with van der Waals surface area (Å²) >= 11 is 0. The maximum Gasteiger partial charge on any atom is 0.321 e. The van der Waals surface area contributed by atoms with Gasteiger partial charge in [-0.1, -0.05) is 6.92 Å². The number of anilines is 2. The van der Waals surface area contributed by atoms with Gasteiger partial charge in [0.2, 0.25) is 16.8 Å². The Morgan fingerprint density at radius 2 is 1.84 bits per heavy atom. The average Bonchev–Trinajstić information content (AvgIpc) is 3.33. The molecule has 206 valence electrons. The molecule has 0 saturated heterocycles. The topological polar surface area (TPSA) is 147 Å². The fraction of sp³-hybridized carbons (Fsp3) is 0.440. The number of amides is 3. The van der Waals surface area contributed by atoms with E-state index in [9.17, 15) is 23.1 Å². The number of aliphatic hydroxyl groups is 1. The average molecular weight is 549 g/mol. The molecule has 3 amide bonds. The van der Waals surface area contributed by atoms with E-state index in [2.05, 4.69) is 10.0 Å². The third-order valence-corrected chi connectivity index (χ3v) is 7.00. The maximum absolute atomic E-state index is 13.4. The molecule has 3 atom stereocenters. The van der Waals surface area contributed by atoms with Crippen LogP contribution < -0.4 is 24.2 Å². The highest BCUT2D eigenvalue weighted by Crippen LogP contribution is 2.34. The van der Waals surface area contributed by atoms with E-state index in [-0.39, 0.29) is 55.4 Å². The van der Waals surface area contributed by atoms with Crippen molar-refractivity contribution >= 4 is 33.3 Å². The summed E-state index contributed by atoms with van der Waals surface area (Å²) in [7, 11) is -1.93. The van der Waals surface area contributed by atoms with Crippen molar-refractivity contribution in [1.82, 2.24) is 9.80 Å². The number of sulfonamides is 1. The van der Waals surface area contributed by atoms with Gasteiger partial charge in [-0.25, -0.2) is 13.2 Å². The van der Waals surface area contributed by atoms with Gasteiger partial charge in [0.15, 0.2) is 11.5 Å². The molecule has 13 heteroatoms. The highest BCUT2D eigenvalue weighted by Gasteiger charge is 2.34. The van der Waals surface area contributed by atoms with Crippen LogP contribution in [-0.4, -0.2) is 87.2 Å². The van der Waals surface area contributed by atoms with Crippen LogP contribution in [0.15, 0.2) is 36.4 Å². The van der Waals surface area contributed by atoms with Crippen LogP contribution in [-0.2, 0) is 10.0 Å². The molecule has 2 aliphatic rings. The van der Waals surface area contributed by atoms with Crippen LogP contribution in [0.2, 0.25) is 0 Å². The molecule has 0 aromatic heterocycles. The molecule has 4 rings (SSSR count). The highest BCUT2D eigenvalue weighted by molar-refractivity contribution is 7.92. The Labute approximate surface area is 221 Å². The molecule has 0 saturated carbocycles. The Bertz CT molecular complexity index is 1320. The van der Waals surface area contributed by atoms with Gasteiger partial charge in [-0.2, -0.15) is 0 Å². The number of urea groups is 1. The number of fused-ring (bicyclic) bond motifs is 2. The van der Waals surface area contributed by atoms with Crippen molar-refractivity contribution in [2.45, 2.75) is 26.0 Å². The Balaban J connectivity index is 1.56. The van der Waals surface area contributed by atoms with Crippen LogP contribution in [0.3, 0.4) is 0 Å². The van der Waals surface area contributed by atoms with E-state index in [1.54, 1.807) is 32.2 Å². The number of likely N-dealkylation sites (N-methyl/N-ethyl adjacent to an activating group) is 1. The van der Waals surface area contributed by atoms with Crippen molar-refractivity contribution in [3.05, 3.63) is 42.0 Å². The van der Waals surface area contributed by atoms with Crippen molar-refractivity contribution in [3.63, 3.8) is 0 Å². The number of hydrogen-bond acceptors (Lipinski definition) is 8. The zero-order valence-corrected chi connectivity index (χ0v) is 22.4. The molecular weight excluding hydrogens is 516 g/mol. The number of rotatable bonds is 7. The molecule has 0 bridgehead atoms. The summed E-state index contributed by atoms with van der Waals surface area (Å²) in [6.07, 6.45) is 0.501. The molecular formula is C25H32N4O8S. The number of carbonyl (C=O) groups is 2.